The number of carbonyl (C=O) groups is 2. The standard InChI is InChI=1S/C35H36Cl2N4O7S/c1-23(2)38-35(43)32(18-25-10-6-5-7-11-25)39(21-26-12-8-9-13-29(26)37)34(42)22-40(31-19-27(36)15-17-33(31)48-4)49(46,47)28-16-14-24(3)30(20-28)41(44)45/h5-17,19-20,23,32H,18,21-22H2,1-4H3,(H,38,43)/t32-/m1/s1. The summed E-state index contributed by atoms with van der Waals surface area (Å²) in [6.45, 7) is 4.09. The second-order valence-corrected chi connectivity index (χ2v) is 14.2. The molecule has 0 aliphatic rings. The van der Waals surface area contributed by atoms with Crippen LogP contribution in [0.3, 0.4) is 0 Å². The molecule has 4 aromatic carbocycles. The van der Waals surface area contributed by atoms with Gasteiger partial charge in [0.15, 0.2) is 0 Å². The van der Waals surface area contributed by atoms with Crippen molar-refractivity contribution in [1.29, 1.82) is 0 Å². The highest BCUT2D eigenvalue weighted by atomic mass is 35.5. The predicted molar refractivity (Wildman–Crippen MR) is 190 cm³/mol. The number of hydrogen-bond donors (Lipinski definition) is 1. The Kier molecular flexibility index (Phi) is 12.3. The molecule has 14 heteroatoms. The Morgan fingerprint density at radius 2 is 1.63 bits per heavy atom. The fourth-order valence-corrected chi connectivity index (χ4v) is 6.99. The maximum atomic E-state index is 14.7. The Bertz CT molecular complexity index is 1940. The van der Waals surface area contributed by atoms with Crippen molar-refractivity contribution in [3.63, 3.8) is 0 Å². The number of sulfonamides is 1. The molecule has 49 heavy (non-hydrogen) atoms. The van der Waals surface area contributed by atoms with Crippen molar-refractivity contribution in [1.82, 2.24) is 10.2 Å². The van der Waals surface area contributed by atoms with Crippen molar-refractivity contribution < 1.29 is 27.7 Å². The monoisotopic (exact) mass is 726 g/mol. The van der Waals surface area contributed by atoms with Crippen molar-refractivity contribution in [3.05, 3.63) is 128 Å². The molecule has 11 nitrogen and oxygen atoms in total. The Balaban J connectivity index is 1.90. The molecule has 258 valence electrons. The van der Waals surface area contributed by atoms with Gasteiger partial charge in [0.05, 0.1) is 22.6 Å². The molecule has 0 aliphatic heterocycles. The minimum atomic E-state index is -4.69. The van der Waals surface area contributed by atoms with Crippen molar-refractivity contribution in [2.24, 2.45) is 0 Å². The second-order valence-electron chi connectivity index (χ2n) is 11.5. The summed E-state index contributed by atoms with van der Waals surface area (Å²) >= 11 is 12.9. The molecular weight excluding hydrogens is 691 g/mol. The van der Waals surface area contributed by atoms with E-state index in [9.17, 15) is 28.1 Å². The second kappa shape index (κ2) is 16.2. The maximum absolute atomic E-state index is 14.7. The molecule has 0 aliphatic carbocycles. The van der Waals surface area contributed by atoms with E-state index in [0.29, 0.717) is 10.6 Å². The third-order valence-electron chi connectivity index (χ3n) is 7.65. The first-order valence-corrected chi connectivity index (χ1v) is 17.4. The lowest BCUT2D eigenvalue weighted by Gasteiger charge is -2.34. The fraction of sp³-hybridized carbons (Fsp3) is 0.257. The molecule has 0 unspecified atom stereocenters. The lowest BCUT2D eigenvalue weighted by atomic mass is 10.0. The smallest absolute Gasteiger partial charge is 0.273 e. The molecule has 2 amide bonds. The average molecular weight is 728 g/mol. The Labute approximate surface area is 295 Å². The first kappa shape index (κ1) is 37.2. The zero-order chi connectivity index (χ0) is 35.9. The number of nitro benzene ring substituents is 1. The number of aryl methyl sites for hydroxylation is 1. The van der Waals surface area contributed by atoms with Gasteiger partial charge in [-0.1, -0.05) is 77.8 Å². The van der Waals surface area contributed by atoms with Gasteiger partial charge in [0.2, 0.25) is 11.8 Å². The molecule has 0 fully saturated rings. The van der Waals surface area contributed by atoms with E-state index in [1.807, 2.05) is 30.3 Å². The van der Waals surface area contributed by atoms with Crippen molar-refractivity contribution in [3.8, 4) is 5.75 Å². The third kappa shape index (κ3) is 9.08. The van der Waals surface area contributed by atoms with Crippen LogP contribution < -0.4 is 14.4 Å². The number of anilines is 1. The summed E-state index contributed by atoms with van der Waals surface area (Å²) in [5.74, 6) is -1.14. The number of nitro groups is 1. The van der Waals surface area contributed by atoms with Gasteiger partial charge in [-0.2, -0.15) is 0 Å². The van der Waals surface area contributed by atoms with Gasteiger partial charge in [0.25, 0.3) is 15.7 Å². The van der Waals surface area contributed by atoms with E-state index in [0.717, 1.165) is 15.9 Å². The molecule has 0 spiro atoms. The molecule has 4 aromatic rings. The number of nitrogens with zero attached hydrogens (tertiary/aromatic N) is 3. The molecule has 1 N–H and O–H groups in total. The number of methoxy groups -OCH3 is 1. The van der Waals surface area contributed by atoms with Gasteiger partial charge >= 0.3 is 0 Å². The quantitative estimate of drug-likeness (QED) is 0.114. The first-order valence-electron chi connectivity index (χ1n) is 15.2. The minimum Gasteiger partial charge on any atom is -0.495 e. The van der Waals surface area contributed by atoms with Crippen LogP contribution in [-0.2, 0) is 32.6 Å². The minimum absolute atomic E-state index is 0.0680. The van der Waals surface area contributed by atoms with Crippen LogP contribution in [0.15, 0.2) is 95.9 Å². The highest BCUT2D eigenvalue weighted by Gasteiger charge is 2.36. The SMILES string of the molecule is COc1ccc(Cl)cc1N(CC(=O)N(Cc1ccccc1Cl)[C@H](Cc1ccccc1)C(=O)NC(C)C)S(=O)(=O)c1ccc(C)c([N+](=O)[O-])c1. The largest absolute Gasteiger partial charge is 0.495 e. The van der Waals surface area contributed by atoms with Crippen LogP contribution in [0.5, 0.6) is 5.75 Å². The lowest BCUT2D eigenvalue weighted by molar-refractivity contribution is -0.385. The summed E-state index contributed by atoms with van der Waals surface area (Å²) in [5, 5.41) is 15.1. The fourth-order valence-electron chi connectivity index (χ4n) is 5.19. The third-order valence-corrected chi connectivity index (χ3v) is 10.0. The van der Waals surface area contributed by atoms with Crippen LogP contribution in [-0.4, -0.2) is 55.8 Å². The van der Waals surface area contributed by atoms with Gasteiger partial charge in [-0.25, -0.2) is 8.42 Å². The molecule has 0 bridgehead atoms. The molecule has 4 rings (SSSR count). The lowest BCUT2D eigenvalue weighted by Crippen LogP contribution is -2.54. The van der Waals surface area contributed by atoms with E-state index in [1.54, 1.807) is 38.1 Å². The Morgan fingerprint density at radius 3 is 2.27 bits per heavy atom. The maximum Gasteiger partial charge on any atom is 0.273 e. The number of ether oxygens (including phenoxy) is 1. The molecule has 0 saturated carbocycles. The topological polar surface area (TPSA) is 139 Å². The number of halogens is 2. The van der Waals surface area contributed by atoms with Crippen LogP contribution in [0.1, 0.15) is 30.5 Å². The number of carbonyl (C=O) groups excluding carboxylic acids is 2. The van der Waals surface area contributed by atoms with Gasteiger partial charge < -0.3 is 15.0 Å². The van der Waals surface area contributed by atoms with Gasteiger partial charge in [0, 0.05) is 40.7 Å². The predicted octanol–water partition coefficient (Wildman–Crippen LogP) is 6.58. The summed E-state index contributed by atoms with van der Waals surface area (Å²) in [7, 11) is -3.37. The summed E-state index contributed by atoms with van der Waals surface area (Å²) in [4.78, 5) is 40.5. The number of amides is 2. The van der Waals surface area contributed by atoms with E-state index in [-0.39, 0.29) is 41.0 Å². The molecule has 0 saturated heterocycles. The molecule has 0 heterocycles. The van der Waals surface area contributed by atoms with Gasteiger partial charge in [-0.15, -0.1) is 0 Å². The average Bonchev–Trinajstić information content (AvgIpc) is 3.05. The number of hydrogen-bond acceptors (Lipinski definition) is 7. The first-order chi connectivity index (χ1) is 23.2. The molecular formula is C35H36Cl2N4O7S. The van der Waals surface area contributed by atoms with Crippen LogP contribution in [0.4, 0.5) is 11.4 Å². The summed E-state index contributed by atoms with van der Waals surface area (Å²) in [6, 6.07) is 22.3. The molecule has 1 atom stereocenters. The zero-order valence-corrected chi connectivity index (χ0v) is 29.6. The summed E-state index contributed by atoms with van der Waals surface area (Å²) < 4.78 is 35.1. The summed E-state index contributed by atoms with van der Waals surface area (Å²) in [6.07, 6.45) is 0.104. The van der Waals surface area contributed by atoms with Crippen LogP contribution in [0.25, 0.3) is 0 Å². The van der Waals surface area contributed by atoms with E-state index in [4.69, 9.17) is 27.9 Å². The van der Waals surface area contributed by atoms with Crippen molar-refractivity contribution in [2.75, 3.05) is 18.0 Å². The number of nitrogens with one attached hydrogen (secondary N) is 1. The number of rotatable bonds is 14. The van der Waals surface area contributed by atoms with E-state index in [1.165, 1.54) is 49.3 Å². The van der Waals surface area contributed by atoms with Crippen LogP contribution in [0.2, 0.25) is 10.0 Å². The van der Waals surface area contributed by atoms with E-state index in [2.05, 4.69) is 5.32 Å². The molecule has 0 radical (unpaired) electrons. The van der Waals surface area contributed by atoms with Crippen LogP contribution in [0, 0.1) is 17.0 Å². The van der Waals surface area contributed by atoms with E-state index >= 15 is 0 Å². The zero-order valence-electron chi connectivity index (χ0n) is 27.3. The van der Waals surface area contributed by atoms with Crippen LogP contribution >= 0.6 is 23.2 Å². The highest BCUT2D eigenvalue weighted by molar-refractivity contribution is 7.92. The summed E-state index contributed by atoms with van der Waals surface area (Å²) in [5.41, 5.74) is 1.03. The highest BCUT2D eigenvalue weighted by Crippen LogP contribution is 2.36. The van der Waals surface area contributed by atoms with Gasteiger partial charge in [-0.05, 0) is 62.2 Å². The Morgan fingerprint density at radius 1 is 0.959 bits per heavy atom. The van der Waals surface area contributed by atoms with Gasteiger partial charge in [0.1, 0.15) is 18.3 Å². The molecule has 0 aromatic heterocycles. The van der Waals surface area contributed by atoms with E-state index < -0.39 is 49.9 Å². The Hall–Kier alpha value is -4.65. The number of benzene rings is 4. The van der Waals surface area contributed by atoms with Crippen molar-refractivity contribution >= 4 is 56.4 Å². The normalized spacial score (nSPS) is 11.9. The van der Waals surface area contributed by atoms with Gasteiger partial charge in [-0.3, -0.25) is 24.0 Å². The van der Waals surface area contributed by atoms with Crippen molar-refractivity contribution in [2.45, 2.75) is 50.7 Å².